The minimum absolute atomic E-state index is 0.297. The molecule has 1 aliphatic rings. The number of rotatable bonds is 6. The van der Waals surface area contributed by atoms with E-state index in [4.69, 9.17) is 9.47 Å². The number of allylic oxidation sites excluding steroid dienone is 1. The molecule has 3 amide bonds. The summed E-state index contributed by atoms with van der Waals surface area (Å²) in [4.78, 5) is 25.0. The number of methoxy groups -OCH3 is 1. The monoisotopic (exact) mass is 381 g/mol. The normalized spacial score (nSPS) is 16.1. The van der Waals surface area contributed by atoms with Gasteiger partial charge in [0.2, 0.25) is 0 Å². The summed E-state index contributed by atoms with van der Waals surface area (Å²) in [5.74, 6) is 1.14. The van der Waals surface area contributed by atoms with Gasteiger partial charge in [0, 0.05) is 11.4 Å². The van der Waals surface area contributed by atoms with Gasteiger partial charge in [0.25, 0.3) is 5.91 Å². The van der Waals surface area contributed by atoms with Crippen LogP contribution in [0.1, 0.15) is 25.5 Å². The minimum Gasteiger partial charge on any atom is -0.497 e. The van der Waals surface area contributed by atoms with Crippen molar-refractivity contribution in [2.75, 3.05) is 19.0 Å². The molecular formula is C21H23N3O4. The molecule has 1 atom stereocenters. The van der Waals surface area contributed by atoms with Crippen molar-refractivity contribution >= 4 is 17.6 Å². The molecule has 0 aliphatic carbocycles. The molecule has 0 unspecified atom stereocenters. The van der Waals surface area contributed by atoms with Crippen molar-refractivity contribution in [3.05, 3.63) is 65.4 Å². The number of hydrogen-bond acceptors (Lipinski definition) is 4. The Kier molecular flexibility index (Phi) is 5.84. The average molecular weight is 381 g/mol. The quantitative estimate of drug-likeness (QED) is 0.716. The first-order valence-electron chi connectivity index (χ1n) is 8.98. The highest BCUT2D eigenvalue weighted by atomic mass is 16.5. The van der Waals surface area contributed by atoms with Gasteiger partial charge in [-0.25, -0.2) is 4.79 Å². The van der Waals surface area contributed by atoms with E-state index in [0.717, 1.165) is 11.3 Å². The van der Waals surface area contributed by atoms with E-state index in [9.17, 15) is 9.59 Å². The van der Waals surface area contributed by atoms with Gasteiger partial charge in [-0.15, -0.1) is 0 Å². The molecule has 3 rings (SSSR count). The van der Waals surface area contributed by atoms with E-state index in [1.807, 2.05) is 31.2 Å². The molecule has 0 saturated carbocycles. The van der Waals surface area contributed by atoms with Gasteiger partial charge in [-0.1, -0.05) is 12.1 Å². The third-order valence-corrected chi connectivity index (χ3v) is 4.39. The molecule has 0 fully saturated rings. The number of amides is 3. The maximum atomic E-state index is 13.0. The van der Waals surface area contributed by atoms with E-state index < -0.39 is 6.04 Å². The van der Waals surface area contributed by atoms with E-state index in [0.29, 0.717) is 29.3 Å². The van der Waals surface area contributed by atoms with Crippen LogP contribution in [0.2, 0.25) is 0 Å². The van der Waals surface area contributed by atoms with Gasteiger partial charge in [0.05, 0.1) is 25.3 Å². The second-order valence-corrected chi connectivity index (χ2v) is 6.25. The fourth-order valence-corrected chi connectivity index (χ4v) is 3.04. The summed E-state index contributed by atoms with van der Waals surface area (Å²) in [5, 5.41) is 8.36. The third-order valence-electron chi connectivity index (χ3n) is 4.39. The van der Waals surface area contributed by atoms with Crippen LogP contribution in [0, 0.1) is 0 Å². The molecule has 0 spiro atoms. The van der Waals surface area contributed by atoms with E-state index >= 15 is 0 Å². The summed E-state index contributed by atoms with van der Waals surface area (Å²) in [5.41, 5.74) is 2.37. The predicted molar refractivity (Wildman–Crippen MR) is 106 cm³/mol. The second-order valence-electron chi connectivity index (χ2n) is 6.25. The van der Waals surface area contributed by atoms with Gasteiger partial charge in [0.1, 0.15) is 11.5 Å². The van der Waals surface area contributed by atoms with Crippen LogP contribution in [0.4, 0.5) is 10.5 Å². The number of urea groups is 1. The van der Waals surface area contributed by atoms with E-state index in [2.05, 4.69) is 16.0 Å². The fourth-order valence-electron chi connectivity index (χ4n) is 3.04. The summed E-state index contributed by atoms with van der Waals surface area (Å²) < 4.78 is 10.6. The number of nitrogens with one attached hydrogen (secondary N) is 3. The summed E-state index contributed by atoms with van der Waals surface area (Å²) >= 11 is 0. The molecule has 0 saturated heterocycles. The molecule has 0 aromatic heterocycles. The van der Waals surface area contributed by atoms with Crippen molar-refractivity contribution < 1.29 is 19.1 Å². The molecule has 0 bridgehead atoms. The van der Waals surface area contributed by atoms with Gasteiger partial charge in [0.15, 0.2) is 0 Å². The van der Waals surface area contributed by atoms with Gasteiger partial charge in [-0.05, 0) is 55.8 Å². The lowest BCUT2D eigenvalue weighted by atomic mass is 9.94. The Bertz CT molecular complexity index is 889. The van der Waals surface area contributed by atoms with E-state index in [-0.39, 0.29) is 11.9 Å². The van der Waals surface area contributed by atoms with Crippen molar-refractivity contribution in [2.24, 2.45) is 0 Å². The van der Waals surface area contributed by atoms with Crippen molar-refractivity contribution in [3.63, 3.8) is 0 Å². The summed E-state index contributed by atoms with van der Waals surface area (Å²) in [6.07, 6.45) is 0. The summed E-state index contributed by atoms with van der Waals surface area (Å²) in [6.45, 7) is 4.19. The highest BCUT2D eigenvalue weighted by Crippen LogP contribution is 2.29. The fraction of sp³-hybridized carbons (Fsp3) is 0.238. The zero-order valence-corrected chi connectivity index (χ0v) is 16.0. The first-order chi connectivity index (χ1) is 13.5. The van der Waals surface area contributed by atoms with Crippen LogP contribution in [0.15, 0.2) is 59.8 Å². The van der Waals surface area contributed by atoms with Crippen molar-refractivity contribution in [1.29, 1.82) is 0 Å². The van der Waals surface area contributed by atoms with Crippen LogP contribution in [-0.2, 0) is 4.79 Å². The third kappa shape index (κ3) is 4.25. The zero-order chi connectivity index (χ0) is 20.1. The maximum absolute atomic E-state index is 13.0. The largest absolute Gasteiger partial charge is 0.497 e. The van der Waals surface area contributed by atoms with Crippen LogP contribution < -0.4 is 25.4 Å². The highest BCUT2D eigenvalue weighted by molar-refractivity contribution is 6.06. The summed E-state index contributed by atoms with van der Waals surface area (Å²) in [7, 11) is 1.58. The minimum atomic E-state index is -0.567. The number of benzene rings is 2. The highest BCUT2D eigenvalue weighted by Gasteiger charge is 2.31. The van der Waals surface area contributed by atoms with Crippen LogP contribution in [0.25, 0.3) is 0 Å². The Morgan fingerprint density at radius 1 is 1.07 bits per heavy atom. The van der Waals surface area contributed by atoms with Crippen LogP contribution in [0.5, 0.6) is 11.5 Å². The Hall–Kier alpha value is -3.48. The standard InChI is InChI=1S/C21H23N3O4/c1-4-28-17-9-5-14(6-10-17)19-18(13(2)22-21(26)24-19)20(25)23-15-7-11-16(27-3)12-8-15/h5-12,19H,4H2,1-3H3,(H,23,25)(H2,22,24,26)/t19-/m0/s1. The topological polar surface area (TPSA) is 88.7 Å². The van der Waals surface area contributed by atoms with E-state index in [1.165, 1.54) is 0 Å². The average Bonchev–Trinajstić information content (AvgIpc) is 2.68. The first-order valence-corrected chi connectivity index (χ1v) is 8.98. The molecular weight excluding hydrogens is 358 g/mol. The molecule has 2 aromatic carbocycles. The number of ether oxygens (including phenoxy) is 2. The molecule has 28 heavy (non-hydrogen) atoms. The van der Waals surface area contributed by atoms with Gasteiger partial charge in [-0.2, -0.15) is 0 Å². The van der Waals surface area contributed by atoms with Crippen LogP contribution >= 0.6 is 0 Å². The number of anilines is 1. The Balaban J connectivity index is 1.86. The Morgan fingerprint density at radius 3 is 2.32 bits per heavy atom. The molecule has 2 aromatic rings. The molecule has 146 valence electrons. The molecule has 3 N–H and O–H groups in total. The lowest BCUT2D eigenvalue weighted by Gasteiger charge is -2.28. The molecule has 7 nitrogen and oxygen atoms in total. The lowest BCUT2D eigenvalue weighted by Crippen LogP contribution is -2.45. The van der Waals surface area contributed by atoms with Crippen LogP contribution in [-0.4, -0.2) is 25.7 Å². The Morgan fingerprint density at radius 2 is 1.71 bits per heavy atom. The molecule has 7 heteroatoms. The lowest BCUT2D eigenvalue weighted by molar-refractivity contribution is -0.113. The first kappa shape index (κ1) is 19.3. The number of hydrogen-bond donors (Lipinski definition) is 3. The van der Waals surface area contributed by atoms with Crippen molar-refractivity contribution in [1.82, 2.24) is 10.6 Å². The van der Waals surface area contributed by atoms with Gasteiger partial charge in [-0.3, -0.25) is 4.79 Å². The zero-order valence-electron chi connectivity index (χ0n) is 16.0. The predicted octanol–water partition coefficient (Wildman–Crippen LogP) is 3.36. The van der Waals surface area contributed by atoms with Crippen molar-refractivity contribution in [3.8, 4) is 11.5 Å². The molecule has 1 heterocycles. The number of carbonyl (C=O) groups is 2. The molecule has 1 aliphatic heterocycles. The number of carbonyl (C=O) groups excluding carboxylic acids is 2. The summed E-state index contributed by atoms with van der Waals surface area (Å²) in [6, 6.07) is 13.5. The van der Waals surface area contributed by atoms with Gasteiger partial charge < -0.3 is 25.4 Å². The van der Waals surface area contributed by atoms with Crippen LogP contribution in [0.3, 0.4) is 0 Å². The molecule has 0 radical (unpaired) electrons. The maximum Gasteiger partial charge on any atom is 0.319 e. The Labute approximate surface area is 163 Å². The van der Waals surface area contributed by atoms with Crippen molar-refractivity contribution in [2.45, 2.75) is 19.9 Å². The smallest absolute Gasteiger partial charge is 0.319 e. The van der Waals surface area contributed by atoms with Gasteiger partial charge >= 0.3 is 6.03 Å². The second kappa shape index (κ2) is 8.47. The SMILES string of the molecule is CCOc1ccc([C@@H]2NC(=O)NC(C)=C2C(=O)Nc2ccc(OC)cc2)cc1. The van der Waals surface area contributed by atoms with E-state index in [1.54, 1.807) is 38.3 Å².